The lowest BCUT2D eigenvalue weighted by atomic mass is 9.87. The molecule has 0 amide bonds. The van der Waals surface area contributed by atoms with Crippen LogP contribution in [0, 0.1) is 5.92 Å². The van der Waals surface area contributed by atoms with E-state index in [0.29, 0.717) is 0 Å². The molecule has 0 N–H and O–H groups in total. The van der Waals surface area contributed by atoms with Crippen LogP contribution in [0.2, 0.25) is 0 Å². The van der Waals surface area contributed by atoms with Gasteiger partial charge in [0.15, 0.2) is 0 Å². The molecule has 0 aromatic rings. The number of hydrogen-bond donors (Lipinski definition) is 0. The van der Waals surface area contributed by atoms with Crippen LogP contribution in [0.4, 0.5) is 4.39 Å². The zero-order valence-electron chi connectivity index (χ0n) is 3.71. The van der Waals surface area contributed by atoms with Gasteiger partial charge in [0, 0.05) is 5.92 Å². The van der Waals surface area contributed by atoms with Crippen LogP contribution in [-0.2, 0) is 0 Å². The molecule has 0 unspecified atom stereocenters. The van der Waals surface area contributed by atoms with Crippen molar-refractivity contribution >= 4 is 0 Å². The van der Waals surface area contributed by atoms with Crippen molar-refractivity contribution in [2.75, 3.05) is 6.67 Å². The highest BCUT2D eigenvalue weighted by Gasteiger charge is 2.16. The Morgan fingerprint density at radius 3 is 2.17 bits per heavy atom. The standard InChI is InChI=1S/C5H8F/c6-4-5-2-1-3-5/h1-4H2. The minimum atomic E-state index is -0.167. The van der Waals surface area contributed by atoms with Gasteiger partial charge in [0.2, 0.25) is 0 Å². The summed E-state index contributed by atoms with van der Waals surface area (Å²) < 4.78 is 11.4. The Morgan fingerprint density at radius 1 is 1.50 bits per heavy atom. The second-order valence-electron chi connectivity index (χ2n) is 1.74. The van der Waals surface area contributed by atoms with E-state index in [-0.39, 0.29) is 6.67 Å². The normalized spacial score (nSPS) is 23.5. The van der Waals surface area contributed by atoms with Crippen molar-refractivity contribution in [1.82, 2.24) is 0 Å². The number of alkyl halides is 1. The molecule has 0 aromatic heterocycles. The number of rotatable bonds is 1. The van der Waals surface area contributed by atoms with Crippen LogP contribution < -0.4 is 0 Å². The zero-order chi connectivity index (χ0) is 4.41. The third-order valence-corrected chi connectivity index (χ3v) is 1.25. The maximum absolute atomic E-state index is 11.4. The molecule has 0 bridgehead atoms. The van der Waals surface area contributed by atoms with Crippen molar-refractivity contribution in [3.8, 4) is 0 Å². The fraction of sp³-hybridized carbons (Fsp3) is 0.800. The topological polar surface area (TPSA) is 0 Å². The van der Waals surface area contributed by atoms with E-state index in [2.05, 4.69) is 0 Å². The van der Waals surface area contributed by atoms with E-state index in [1.54, 1.807) is 0 Å². The van der Waals surface area contributed by atoms with E-state index < -0.39 is 0 Å². The third-order valence-electron chi connectivity index (χ3n) is 1.25. The first kappa shape index (κ1) is 4.10. The van der Waals surface area contributed by atoms with E-state index in [1.807, 2.05) is 0 Å². The first-order valence-corrected chi connectivity index (χ1v) is 2.33. The van der Waals surface area contributed by atoms with Gasteiger partial charge in [0.05, 0.1) is 6.67 Å². The summed E-state index contributed by atoms with van der Waals surface area (Å²) in [7, 11) is 0. The Bertz CT molecular complexity index is 36.4. The van der Waals surface area contributed by atoms with Gasteiger partial charge in [-0.05, 0) is 12.8 Å². The average molecular weight is 87.1 g/mol. The Balaban J connectivity index is 2.01. The molecular weight excluding hydrogens is 79.1 g/mol. The van der Waals surface area contributed by atoms with Gasteiger partial charge in [-0.15, -0.1) is 0 Å². The largest absolute Gasteiger partial charge is 0.250 e. The van der Waals surface area contributed by atoms with Crippen LogP contribution in [0.3, 0.4) is 0 Å². The maximum atomic E-state index is 11.4. The molecule has 0 nitrogen and oxygen atoms in total. The quantitative estimate of drug-likeness (QED) is 0.456. The molecule has 0 heterocycles. The molecule has 1 fully saturated rings. The number of halogens is 1. The van der Waals surface area contributed by atoms with Crippen LogP contribution in [0.5, 0.6) is 0 Å². The predicted molar refractivity (Wildman–Crippen MR) is 23.1 cm³/mol. The molecule has 0 saturated heterocycles. The lowest BCUT2D eigenvalue weighted by Crippen LogP contribution is -2.09. The molecular formula is C5H8F. The lowest BCUT2D eigenvalue weighted by Gasteiger charge is -2.20. The van der Waals surface area contributed by atoms with Crippen molar-refractivity contribution in [3.63, 3.8) is 0 Å². The van der Waals surface area contributed by atoms with Crippen molar-refractivity contribution in [2.24, 2.45) is 0 Å². The molecule has 1 radical (unpaired) electrons. The minimum Gasteiger partial charge on any atom is -0.250 e. The second-order valence-corrected chi connectivity index (χ2v) is 1.74. The van der Waals surface area contributed by atoms with Crippen LogP contribution in [0.15, 0.2) is 0 Å². The summed E-state index contributed by atoms with van der Waals surface area (Å²) in [5, 5.41) is 0. The molecule has 0 aromatic carbocycles. The van der Waals surface area contributed by atoms with Gasteiger partial charge < -0.3 is 0 Å². The van der Waals surface area contributed by atoms with Gasteiger partial charge >= 0.3 is 0 Å². The molecule has 1 aliphatic rings. The van der Waals surface area contributed by atoms with Crippen LogP contribution in [0.1, 0.15) is 19.3 Å². The van der Waals surface area contributed by atoms with Gasteiger partial charge in [-0.25, -0.2) is 0 Å². The predicted octanol–water partition coefficient (Wildman–Crippen LogP) is 1.71. The fourth-order valence-corrected chi connectivity index (χ4v) is 0.560. The highest BCUT2D eigenvalue weighted by molar-refractivity contribution is 4.97. The van der Waals surface area contributed by atoms with E-state index in [9.17, 15) is 4.39 Å². The van der Waals surface area contributed by atoms with Crippen LogP contribution >= 0.6 is 0 Å². The van der Waals surface area contributed by atoms with E-state index in [0.717, 1.165) is 18.8 Å². The molecule has 6 heavy (non-hydrogen) atoms. The molecule has 0 aliphatic heterocycles. The molecule has 1 saturated carbocycles. The summed E-state index contributed by atoms with van der Waals surface area (Å²) in [4.78, 5) is 0. The second kappa shape index (κ2) is 1.59. The smallest absolute Gasteiger partial charge is 0.0956 e. The lowest BCUT2D eigenvalue weighted by molar-refractivity contribution is 0.407. The van der Waals surface area contributed by atoms with Crippen molar-refractivity contribution < 1.29 is 4.39 Å². The molecule has 1 heteroatoms. The minimum absolute atomic E-state index is 0.167. The summed E-state index contributed by atoms with van der Waals surface area (Å²) in [6, 6.07) is 0. The summed E-state index contributed by atoms with van der Waals surface area (Å²) in [6.07, 6.45) is 3.33. The van der Waals surface area contributed by atoms with Gasteiger partial charge in [-0.3, -0.25) is 4.39 Å². The fourth-order valence-electron chi connectivity index (χ4n) is 0.560. The zero-order valence-corrected chi connectivity index (χ0v) is 3.71. The van der Waals surface area contributed by atoms with Crippen molar-refractivity contribution in [1.29, 1.82) is 0 Å². The van der Waals surface area contributed by atoms with Gasteiger partial charge in [-0.1, -0.05) is 6.42 Å². The highest BCUT2D eigenvalue weighted by Crippen LogP contribution is 2.28. The summed E-state index contributed by atoms with van der Waals surface area (Å²) in [5.41, 5.74) is 0. The third kappa shape index (κ3) is 0.537. The maximum Gasteiger partial charge on any atom is 0.0956 e. The summed E-state index contributed by atoms with van der Waals surface area (Å²) >= 11 is 0. The Kier molecular flexibility index (Phi) is 1.08. The van der Waals surface area contributed by atoms with Crippen LogP contribution in [-0.4, -0.2) is 6.67 Å². The Morgan fingerprint density at radius 2 is 2.17 bits per heavy atom. The first-order chi connectivity index (χ1) is 2.93. The van der Waals surface area contributed by atoms with Crippen molar-refractivity contribution in [3.05, 3.63) is 5.92 Å². The van der Waals surface area contributed by atoms with E-state index in [1.165, 1.54) is 6.42 Å². The van der Waals surface area contributed by atoms with Crippen LogP contribution in [0.25, 0.3) is 0 Å². The molecule has 1 aliphatic carbocycles. The Hall–Kier alpha value is -0.0700. The first-order valence-electron chi connectivity index (χ1n) is 2.33. The summed E-state index contributed by atoms with van der Waals surface area (Å²) in [5.74, 6) is 1.11. The van der Waals surface area contributed by atoms with Gasteiger partial charge in [0.1, 0.15) is 0 Å². The Labute approximate surface area is 37.4 Å². The van der Waals surface area contributed by atoms with Gasteiger partial charge in [0.25, 0.3) is 0 Å². The van der Waals surface area contributed by atoms with E-state index in [4.69, 9.17) is 0 Å². The van der Waals surface area contributed by atoms with Gasteiger partial charge in [-0.2, -0.15) is 0 Å². The average Bonchev–Trinajstić information content (AvgIpc) is 1.31. The monoisotopic (exact) mass is 87.1 g/mol. The molecule has 1 rings (SSSR count). The number of hydrogen-bond acceptors (Lipinski definition) is 0. The molecule has 0 atom stereocenters. The van der Waals surface area contributed by atoms with E-state index >= 15 is 0 Å². The van der Waals surface area contributed by atoms with Crippen molar-refractivity contribution in [2.45, 2.75) is 19.3 Å². The molecule has 0 spiro atoms. The molecule has 35 valence electrons. The SMILES string of the molecule is FC[C]1CCC1. The highest BCUT2D eigenvalue weighted by atomic mass is 19.1. The summed E-state index contributed by atoms with van der Waals surface area (Å²) in [6.45, 7) is -0.167.